The van der Waals surface area contributed by atoms with Crippen LogP contribution in [-0.2, 0) is 9.53 Å². The Morgan fingerprint density at radius 2 is 2.11 bits per heavy atom. The number of nitrogens with zero attached hydrogens (tertiary/aromatic N) is 1. The van der Waals surface area contributed by atoms with Crippen LogP contribution in [0.25, 0.3) is 10.9 Å². The van der Waals surface area contributed by atoms with Gasteiger partial charge < -0.3 is 14.9 Å². The van der Waals surface area contributed by atoms with Crippen LogP contribution in [0.2, 0.25) is 10.0 Å². The fraction of sp³-hybridized carbons (Fsp3) is 0.182. The van der Waals surface area contributed by atoms with Gasteiger partial charge in [-0.15, -0.1) is 0 Å². The van der Waals surface area contributed by atoms with Crippen LogP contribution >= 0.6 is 23.2 Å². The van der Waals surface area contributed by atoms with E-state index >= 15 is 0 Å². The Hall–Kier alpha value is -1.79. The van der Waals surface area contributed by atoms with E-state index in [1.807, 2.05) is 0 Å². The lowest BCUT2D eigenvalue weighted by molar-refractivity contribution is -0.389. The second kappa shape index (κ2) is 6.96. The molecule has 0 aliphatic rings. The van der Waals surface area contributed by atoms with Crippen LogP contribution in [0.4, 0.5) is 5.82 Å². The maximum atomic E-state index is 10.5. The average Bonchev–Trinajstić information content (AvgIpc) is 2.75. The Balaban J connectivity index is 0.000000312. The number of halogens is 2. The van der Waals surface area contributed by atoms with Gasteiger partial charge in [-0.25, -0.2) is 4.98 Å². The highest BCUT2D eigenvalue weighted by molar-refractivity contribution is 6.38. The predicted molar refractivity (Wildman–Crippen MR) is 72.7 cm³/mol. The number of ether oxygens (including phenoxy) is 1. The highest BCUT2D eigenvalue weighted by Gasteiger charge is 2.12. The normalized spacial score (nSPS) is 9.63. The van der Waals surface area contributed by atoms with Crippen LogP contribution in [0, 0.1) is 10.1 Å². The molecule has 19 heavy (non-hydrogen) atoms. The van der Waals surface area contributed by atoms with Gasteiger partial charge in [-0.1, -0.05) is 23.2 Å². The number of nitrogens with one attached hydrogen (secondary N) is 1. The fourth-order valence-electron chi connectivity index (χ4n) is 1.31. The number of rotatable bonds is 3. The van der Waals surface area contributed by atoms with Crippen molar-refractivity contribution >= 4 is 46.4 Å². The highest BCUT2D eigenvalue weighted by Crippen LogP contribution is 2.30. The Morgan fingerprint density at radius 3 is 2.58 bits per heavy atom. The molecule has 6 nitrogen and oxygen atoms in total. The molecule has 0 amide bonds. The quantitative estimate of drug-likeness (QED) is 0.533. The maximum absolute atomic E-state index is 10.5. The first-order chi connectivity index (χ1) is 8.99. The number of nitro groups is 1. The molecule has 2 aromatic rings. The number of hydrogen-bond acceptors (Lipinski definition) is 4. The molecule has 8 heteroatoms. The third-order valence-electron chi connectivity index (χ3n) is 2.07. The van der Waals surface area contributed by atoms with Crippen LogP contribution in [0.3, 0.4) is 0 Å². The second-order valence-corrected chi connectivity index (χ2v) is 4.16. The summed E-state index contributed by atoms with van der Waals surface area (Å²) in [6.07, 6.45) is 0. The summed E-state index contributed by atoms with van der Waals surface area (Å²) >= 11 is 11.6. The minimum atomic E-state index is -0.510. The van der Waals surface area contributed by atoms with Crippen molar-refractivity contribution in [2.75, 3.05) is 6.61 Å². The lowest BCUT2D eigenvalue weighted by Crippen LogP contribution is -1.85. The summed E-state index contributed by atoms with van der Waals surface area (Å²) in [5.74, 6) is -0.0934. The van der Waals surface area contributed by atoms with Gasteiger partial charge in [-0.3, -0.25) is 4.79 Å². The standard InChI is InChI=1S/C8H4Cl2N2O2.C3H6O2/c9-4-1-6(10)5-3-8(12(13)14)11-7(5)2-4;1-2-5-3-4/h1-3,11H;3H,2H2,1H3. The maximum Gasteiger partial charge on any atom is 0.322 e. The first kappa shape index (κ1) is 15.3. The van der Waals surface area contributed by atoms with Crippen molar-refractivity contribution in [3.8, 4) is 0 Å². The number of hydrogen-bond donors (Lipinski definition) is 1. The minimum absolute atomic E-state index is 0.0934. The van der Waals surface area contributed by atoms with Crippen LogP contribution < -0.4 is 0 Å². The first-order valence-electron chi connectivity index (χ1n) is 5.17. The fourth-order valence-corrected chi connectivity index (χ4v) is 1.86. The van der Waals surface area contributed by atoms with Crippen molar-refractivity contribution in [2.45, 2.75) is 6.92 Å². The zero-order valence-electron chi connectivity index (χ0n) is 9.85. The molecule has 1 heterocycles. The summed E-state index contributed by atoms with van der Waals surface area (Å²) < 4.78 is 4.15. The molecule has 1 N–H and O–H groups in total. The number of H-pyrrole nitrogens is 1. The number of fused-ring (bicyclic) bond motifs is 1. The summed E-state index contributed by atoms with van der Waals surface area (Å²) in [4.78, 5) is 21.7. The van der Waals surface area contributed by atoms with E-state index in [2.05, 4.69) is 9.72 Å². The van der Waals surface area contributed by atoms with E-state index in [-0.39, 0.29) is 5.82 Å². The van der Waals surface area contributed by atoms with Crippen molar-refractivity contribution in [3.05, 3.63) is 38.4 Å². The van der Waals surface area contributed by atoms with E-state index < -0.39 is 4.92 Å². The van der Waals surface area contributed by atoms with Crippen molar-refractivity contribution in [1.82, 2.24) is 4.98 Å². The molecule has 102 valence electrons. The largest absolute Gasteiger partial charge is 0.468 e. The van der Waals surface area contributed by atoms with Crippen LogP contribution in [0.1, 0.15) is 6.92 Å². The van der Waals surface area contributed by atoms with Gasteiger partial charge in [-0.2, -0.15) is 0 Å². The highest BCUT2D eigenvalue weighted by atomic mass is 35.5. The molecule has 0 atom stereocenters. The third kappa shape index (κ3) is 4.11. The van der Waals surface area contributed by atoms with E-state index in [9.17, 15) is 14.9 Å². The van der Waals surface area contributed by atoms with Crippen LogP contribution in [0.15, 0.2) is 18.2 Å². The Morgan fingerprint density at radius 1 is 1.42 bits per heavy atom. The molecule has 0 bridgehead atoms. The molecule has 0 fully saturated rings. The lowest BCUT2D eigenvalue weighted by Gasteiger charge is -1.91. The van der Waals surface area contributed by atoms with Crippen molar-refractivity contribution in [3.63, 3.8) is 0 Å². The van der Waals surface area contributed by atoms with Crippen molar-refractivity contribution in [2.24, 2.45) is 0 Å². The van der Waals surface area contributed by atoms with Gasteiger partial charge in [0, 0.05) is 22.5 Å². The molecule has 0 saturated heterocycles. The lowest BCUT2D eigenvalue weighted by atomic mass is 10.2. The molecule has 0 saturated carbocycles. The molecule has 1 aromatic carbocycles. The number of aromatic amines is 1. The molecule has 2 rings (SSSR count). The minimum Gasteiger partial charge on any atom is -0.468 e. The van der Waals surface area contributed by atoms with Crippen LogP contribution in [0.5, 0.6) is 0 Å². The van der Waals surface area contributed by atoms with Gasteiger partial charge in [0.1, 0.15) is 5.52 Å². The Labute approximate surface area is 118 Å². The van der Waals surface area contributed by atoms with E-state index in [1.54, 1.807) is 19.1 Å². The summed E-state index contributed by atoms with van der Waals surface area (Å²) in [7, 11) is 0. The van der Waals surface area contributed by atoms with Crippen LogP contribution in [-0.4, -0.2) is 23.0 Å². The van der Waals surface area contributed by atoms with E-state index in [1.165, 1.54) is 6.07 Å². The number of benzene rings is 1. The smallest absolute Gasteiger partial charge is 0.322 e. The van der Waals surface area contributed by atoms with Gasteiger partial charge >= 0.3 is 5.82 Å². The second-order valence-electron chi connectivity index (χ2n) is 3.31. The van der Waals surface area contributed by atoms with Gasteiger partial charge in [-0.05, 0) is 17.9 Å². The average molecular weight is 305 g/mol. The molecule has 0 radical (unpaired) electrons. The zero-order chi connectivity index (χ0) is 14.4. The van der Waals surface area contributed by atoms with E-state index in [0.717, 1.165) is 0 Å². The third-order valence-corrected chi connectivity index (χ3v) is 2.60. The summed E-state index contributed by atoms with van der Waals surface area (Å²) in [6, 6.07) is 4.52. The van der Waals surface area contributed by atoms with Crippen molar-refractivity contribution in [1.29, 1.82) is 0 Å². The molecule has 0 aliphatic carbocycles. The summed E-state index contributed by atoms with van der Waals surface area (Å²) in [5, 5.41) is 11.9. The molecule has 1 aromatic heterocycles. The van der Waals surface area contributed by atoms with E-state index in [0.29, 0.717) is 34.0 Å². The van der Waals surface area contributed by atoms with E-state index in [4.69, 9.17) is 23.2 Å². The summed E-state index contributed by atoms with van der Waals surface area (Å²) in [5.41, 5.74) is 0.564. The number of aromatic nitrogens is 1. The predicted octanol–water partition coefficient (Wildman–Crippen LogP) is 3.56. The topological polar surface area (TPSA) is 85.2 Å². The molecule has 0 aliphatic heterocycles. The van der Waals surface area contributed by atoms with Crippen molar-refractivity contribution < 1.29 is 14.5 Å². The molecule has 0 spiro atoms. The monoisotopic (exact) mass is 304 g/mol. The number of carbonyl (C=O) groups excluding carboxylic acids is 1. The SMILES string of the molecule is CCOC=O.O=[N+]([O-])c1cc2c(Cl)cc(Cl)cc2[nH]1. The Kier molecular flexibility index (Phi) is 5.59. The van der Waals surface area contributed by atoms with Gasteiger partial charge in [0.25, 0.3) is 6.47 Å². The Bertz CT molecular complexity index is 598. The number of carbonyl (C=O) groups is 1. The van der Waals surface area contributed by atoms with Gasteiger partial charge in [0.2, 0.25) is 0 Å². The van der Waals surface area contributed by atoms with Gasteiger partial charge in [0.15, 0.2) is 0 Å². The molecule has 0 unspecified atom stereocenters. The van der Waals surface area contributed by atoms with Gasteiger partial charge in [0.05, 0.1) is 11.6 Å². The molecular formula is C11H10Cl2N2O4. The zero-order valence-corrected chi connectivity index (χ0v) is 11.4. The molecular weight excluding hydrogens is 295 g/mol. The first-order valence-corrected chi connectivity index (χ1v) is 5.92. The summed E-state index contributed by atoms with van der Waals surface area (Å²) in [6.45, 7) is 2.66.